The smallest absolute Gasteiger partial charge is 0.119 e. The molecule has 0 aliphatic carbocycles. The van der Waals surface area contributed by atoms with Gasteiger partial charge in [0.05, 0.1) is 6.10 Å². The molecule has 16 heavy (non-hydrogen) atoms. The van der Waals surface area contributed by atoms with Gasteiger partial charge >= 0.3 is 0 Å². The van der Waals surface area contributed by atoms with Gasteiger partial charge in [-0.05, 0) is 38.5 Å². The molecule has 2 unspecified atom stereocenters. The first-order valence-electron chi connectivity index (χ1n) is 5.70. The van der Waals surface area contributed by atoms with Crippen LogP contribution in [0.3, 0.4) is 0 Å². The molecule has 90 valence electrons. The van der Waals surface area contributed by atoms with Crippen molar-refractivity contribution < 1.29 is 9.84 Å². The highest BCUT2D eigenvalue weighted by atomic mass is 16.5. The zero-order valence-corrected chi connectivity index (χ0v) is 10.2. The maximum absolute atomic E-state index is 9.27. The molecule has 0 bridgehead atoms. The molecule has 0 amide bonds. The highest BCUT2D eigenvalue weighted by molar-refractivity contribution is 5.27. The molecule has 2 atom stereocenters. The van der Waals surface area contributed by atoms with Crippen LogP contribution in [0.15, 0.2) is 24.3 Å². The summed E-state index contributed by atoms with van der Waals surface area (Å²) < 4.78 is 5.57. The third kappa shape index (κ3) is 4.64. The lowest BCUT2D eigenvalue weighted by Crippen LogP contribution is -2.37. The van der Waals surface area contributed by atoms with Crippen molar-refractivity contribution in [3.8, 4) is 5.75 Å². The number of hydrogen-bond acceptors (Lipinski definition) is 3. The van der Waals surface area contributed by atoms with Crippen LogP contribution in [0, 0.1) is 6.92 Å². The number of nitrogens with one attached hydrogen (secondary N) is 1. The Morgan fingerprint density at radius 2 is 2.12 bits per heavy atom. The Bertz CT molecular complexity index is 313. The molecule has 1 rings (SSSR count). The van der Waals surface area contributed by atoms with Crippen molar-refractivity contribution in [2.24, 2.45) is 0 Å². The quantitative estimate of drug-likeness (QED) is 0.722. The Morgan fingerprint density at radius 3 is 2.75 bits per heavy atom. The molecule has 0 aromatic heterocycles. The molecule has 3 nitrogen and oxygen atoms in total. The minimum Gasteiger partial charge on any atom is -0.492 e. The molecule has 0 fully saturated rings. The lowest BCUT2D eigenvalue weighted by atomic mass is 10.2. The van der Waals surface area contributed by atoms with Crippen molar-refractivity contribution in [3.63, 3.8) is 0 Å². The van der Waals surface area contributed by atoms with Crippen LogP contribution in [0.2, 0.25) is 0 Å². The van der Waals surface area contributed by atoms with E-state index in [9.17, 15) is 5.11 Å². The first-order chi connectivity index (χ1) is 7.59. The highest BCUT2D eigenvalue weighted by Gasteiger charge is 2.06. The molecule has 0 radical (unpaired) electrons. The third-order valence-corrected chi connectivity index (χ3v) is 2.55. The Kier molecular flexibility index (Phi) is 5.29. The Labute approximate surface area is 97.4 Å². The van der Waals surface area contributed by atoms with Gasteiger partial charge in [-0.2, -0.15) is 0 Å². The predicted octanol–water partition coefficient (Wildman–Crippen LogP) is 1.73. The van der Waals surface area contributed by atoms with E-state index in [0.717, 1.165) is 12.3 Å². The summed E-state index contributed by atoms with van der Waals surface area (Å²) in [7, 11) is 0. The van der Waals surface area contributed by atoms with Crippen LogP contribution in [-0.4, -0.2) is 30.4 Å². The molecule has 2 N–H and O–H groups in total. The van der Waals surface area contributed by atoms with E-state index in [4.69, 9.17) is 4.74 Å². The predicted molar refractivity (Wildman–Crippen MR) is 65.8 cm³/mol. The summed E-state index contributed by atoms with van der Waals surface area (Å²) in [6, 6.07) is 8.08. The van der Waals surface area contributed by atoms with Gasteiger partial charge < -0.3 is 15.2 Å². The monoisotopic (exact) mass is 223 g/mol. The van der Waals surface area contributed by atoms with Gasteiger partial charge in [0.2, 0.25) is 0 Å². The maximum atomic E-state index is 9.27. The summed E-state index contributed by atoms with van der Waals surface area (Å²) in [6.45, 7) is 7.12. The lowest BCUT2D eigenvalue weighted by Gasteiger charge is -2.16. The number of aliphatic hydroxyl groups excluding tert-OH is 1. The fraction of sp³-hybridized carbons (Fsp3) is 0.538. The summed E-state index contributed by atoms with van der Waals surface area (Å²) >= 11 is 0. The van der Waals surface area contributed by atoms with Crippen molar-refractivity contribution >= 4 is 0 Å². The normalized spacial score (nSPS) is 14.5. The number of aryl methyl sites for hydroxylation is 1. The summed E-state index contributed by atoms with van der Waals surface area (Å²) in [4.78, 5) is 0. The average molecular weight is 223 g/mol. The van der Waals surface area contributed by atoms with Crippen LogP contribution in [0.1, 0.15) is 19.4 Å². The van der Waals surface area contributed by atoms with Gasteiger partial charge in [-0.15, -0.1) is 0 Å². The molecule has 0 saturated carbocycles. The summed E-state index contributed by atoms with van der Waals surface area (Å²) in [5.41, 5.74) is 1.20. The van der Waals surface area contributed by atoms with Crippen LogP contribution in [-0.2, 0) is 0 Å². The van der Waals surface area contributed by atoms with Crippen LogP contribution < -0.4 is 10.1 Å². The van der Waals surface area contributed by atoms with Crippen molar-refractivity contribution in [3.05, 3.63) is 29.8 Å². The second-order valence-electron chi connectivity index (χ2n) is 4.15. The van der Waals surface area contributed by atoms with Crippen LogP contribution in [0.25, 0.3) is 0 Å². The first-order valence-corrected chi connectivity index (χ1v) is 5.70. The minimum absolute atomic E-state index is 0.0982. The maximum Gasteiger partial charge on any atom is 0.119 e. The number of rotatable bonds is 6. The van der Waals surface area contributed by atoms with Gasteiger partial charge in [-0.3, -0.25) is 0 Å². The van der Waals surface area contributed by atoms with E-state index < -0.39 is 0 Å². The second-order valence-corrected chi connectivity index (χ2v) is 4.15. The molecule has 3 heteroatoms. The minimum atomic E-state index is -0.334. The largest absolute Gasteiger partial charge is 0.492 e. The van der Waals surface area contributed by atoms with E-state index in [1.807, 2.05) is 38.1 Å². The summed E-state index contributed by atoms with van der Waals surface area (Å²) in [5.74, 6) is 0.895. The topological polar surface area (TPSA) is 41.5 Å². The van der Waals surface area contributed by atoms with Gasteiger partial charge in [0, 0.05) is 12.6 Å². The number of aliphatic hydroxyl groups is 1. The summed E-state index contributed by atoms with van der Waals surface area (Å²) in [5, 5.41) is 12.5. The first kappa shape index (κ1) is 13.0. The molecule has 0 aliphatic heterocycles. The molecular formula is C13H21NO2. The molecule has 0 aliphatic rings. The molecular weight excluding hydrogens is 202 g/mol. The molecule has 0 spiro atoms. The zero-order valence-electron chi connectivity index (χ0n) is 10.2. The van der Waals surface area contributed by atoms with Gasteiger partial charge in [0.15, 0.2) is 0 Å². The molecule has 1 aromatic rings. The van der Waals surface area contributed by atoms with Gasteiger partial charge in [0.1, 0.15) is 12.4 Å². The van der Waals surface area contributed by atoms with Gasteiger partial charge in [-0.1, -0.05) is 12.1 Å². The molecule has 0 heterocycles. The van der Waals surface area contributed by atoms with E-state index in [-0.39, 0.29) is 12.1 Å². The zero-order chi connectivity index (χ0) is 12.0. The van der Waals surface area contributed by atoms with E-state index in [1.54, 1.807) is 6.92 Å². The fourth-order valence-corrected chi connectivity index (χ4v) is 1.33. The van der Waals surface area contributed by atoms with E-state index >= 15 is 0 Å². The summed E-state index contributed by atoms with van der Waals surface area (Å²) in [6.07, 6.45) is -0.334. The number of hydrogen-bond donors (Lipinski definition) is 2. The average Bonchev–Trinajstić information content (AvgIpc) is 2.24. The number of benzene rings is 1. The highest BCUT2D eigenvalue weighted by Crippen LogP contribution is 2.11. The lowest BCUT2D eigenvalue weighted by molar-refractivity contribution is 0.149. The third-order valence-electron chi connectivity index (χ3n) is 2.55. The van der Waals surface area contributed by atoms with E-state index in [2.05, 4.69) is 5.32 Å². The van der Waals surface area contributed by atoms with Crippen LogP contribution >= 0.6 is 0 Å². The van der Waals surface area contributed by atoms with E-state index in [0.29, 0.717) is 6.61 Å². The van der Waals surface area contributed by atoms with Gasteiger partial charge in [-0.25, -0.2) is 0 Å². The van der Waals surface area contributed by atoms with Crippen molar-refractivity contribution in [2.45, 2.75) is 32.9 Å². The SMILES string of the molecule is Cc1cccc(OCCNC(C)C(C)O)c1. The fourth-order valence-electron chi connectivity index (χ4n) is 1.33. The Morgan fingerprint density at radius 1 is 1.38 bits per heavy atom. The standard InChI is InChI=1S/C13H21NO2/c1-10-5-4-6-13(9-10)16-8-7-14-11(2)12(3)15/h4-6,9,11-12,14-15H,7-8H2,1-3H3. The van der Waals surface area contributed by atoms with E-state index in [1.165, 1.54) is 5.56 Å². The van der Waals surface area contributed by atoms with Crippen LogP contribution in [0.4, 0.5) is 0 Å². The molecule has 0 saturated heterocycles. The molecule has 1 aromatic carbocycles. The number of ether oxygens (including phenoxy) is 1. The second kappa shape index (κ2) is 6.51. The Balaban J connectivity index is 2.21. The van der Waals surface area contributed by atoms with Crippen molar-refractivity contribution in [1.29, 1.82) is 0 Å². The van der Waals surface area contributed by atoms with Gasteiger partial charge in [0.25, 0.3) is 0 Å². The van der Waals surface area contributed by atoms with Crippen molar-refractivity contribution in [2.75, 3.05) is 13.2 Å². The van der Waals surface area contributed by atoms with Crippen molar-refractivity contribution in [1.82, 2.24) is 5.32 Å². The van der Waals surface area contributed by atoms with Crippen LogP contribution in [0.5, 0.6) is 5.75 Å². The Hall–Kier alpha value is -1.06.